The van der Waals surface area contributed by atoms with E-state index in [1.807, 2.05) is 17.8 Å². The lowest BCUT2D eigenvalue weighted by Gasteiger charge is -2.26. The molecule has 0 aliphatic heterocycles. The lowest BCUT2D eigenvalue weighted by atomic mass is 9.91. The van der Waals surface area contributed by atoms with E-state index >= 15 is 0 Å². The Morgan fingerprint density at radius 2 is 2.24 bits per heavy atom. The second-order valence-corrected chi connectivity index (χ2v) is 7.13. The molecule has 2 atom stereocenters. The van der Waals surface area contributed by atoms with Crippen LogP contribution in [0.2, 0.25) is 0 Å². The van der Waals surface area contributed by atoms with Gasteiger partial charge in [0.05, 0.1) is 11.3 Å². The molecular weight excluding hydrogens is 280 g/mol. The van der Waals surface area contributed by atoms with E-state index in [0.29, 0.717) is 22.9 Å². The molecule has 2 rings (SSSR count). The zero-order valence-corrected chi connectivity index (χ0v) is 13.3. The molecule has 1 N–H and O–H groups in total. The van der Waals surface area contributed by atoms with Gasteiger partial charge in [-0.05, 0) is 30.9 Å². The maximum atomic E-state index is 12.0. The van der Waals surface area contributed by atoms with E-state index in [1.54, 1.807) is 18.2 Å². The number of anilines is 1. The highest BCUT2D eigenvalue weighted by molar-refractivity contribution is 7.99. The second kappa shape index (κ2) is 8.09. The number of rotatable bonds is 5. The molecule has 1 aromatic rings. The van der Waals surface area contributed by atoms with Crippen molar-refractivity contribution in [3.63, 3.8) is 0 Å². The van der Waals surface area contributed by atoms with Gasteiger partial charge in [0.25, 0.3) is 0 Å². The van der Waals surface area contributed by atoms with Crippen LogP contribution in [0.5, 0.6) is 0 Å². The number of nitriles is 1. The summed E-state index contributed by atoms with van der Waals surface area (Å²) in [6, 6.07) is 9.21. The predicted octanol–water partition coefficient (Wildman–Crippen LogP) is 4.20. The number of para-hydroxylation sites is 1. The number of amides is 1. The largest absolute Gasteiger partial charge is 0.325 e. The lowest BCUT2D eigenvalue weighted by molar-refractivity contribution is -0.115. The first-order chi connectivity index (χ1) is 10.2. The van der Waals surface area contributed by atoms with E-state index in [0.717, 1.165) is 11.7 Å². The zero-order chi connectivity index (χ0) is 15.1. The van der Waals surface area contributed by atoms with Crippen molar-refractivity contribution in [1.82, 2.24) is 0 Å². The summed E-state index contributed by atoms with van der Waals surface area (Å²) in [7, 11) is 0. The van der Waals surface area contributed by atoms with Gasteiger partial charge in [-0.15, -0.1) is 0 Å². The van der Waals surface area contributed by atoms with Crippen molar-refractivity contribution in [2.75, 3.05) is 11.1 Å². The molecule has 0 aromatic heterocycles. The van der Waals surface area contributed by atoms with Crippen molar-refractivity contribution in [3.05, 3.63) is 29.8 Å². The van der Waals surface area contributed by atoms with Gasteiger partial charge in [0, 0.05) is 17.4 Å². The SMILES string of the molecule is CC1CCCC(SCCC(=O)Nc2ccccc2C#N)C1. The number of hydrogen-bond acceptors (Lipinski definition) is 3. The number of nitrogens with zero attached hydrogens (tertiary/aromatic N) is 1. The first kappa shape index (κ1) is 15.9. The van der Waals surface area contributed by atoms with Crippen molar-refractivity contribution in [2.45, 2.75) is 44.3 Å². The molecule has 3 nitrogen and oxygen atoms in total. The predicted molar refractivity (Wildman–Crippen MR) is 88.3 cm³/mol. The fourth-order valence-electron chi connectivity index (χ4n) is 2.75. The molecular formula is C17H22N2OS. The van der Waals surface area contributed by atoms with Crippen LogP contribution in [0.15, 0.2) is 24.3 Å². The third-order valence-corrected chi connectivity index (χ3v) is 5.23. The van der Waals surface area contributed by atoms with Crippen molar-refractivity contribution in [3.8, 4) is 6.07 Å². The fraction of sp³-hybridized carbons (Fsp3) is 0.529. The summed E-state index contributed by atoms with van der Waals surface area (Å²) in [5.74, 6) is 1.68. The van der Waals surface area contributed by atoms with Crippen molar-refractivity contribution >= 4 is 23.4 Å². The summed E-state index contributed by atoms with van der Waals surface area (Å²) >= 11 is 1.92. The Kier molecular flexibility index (Phi) is 6.13. The highest BCUT2D eigenvalue weighted by Crippen LogP contribution is 2.32. The summed E-state index contributed by atoms with van der Waals surface area (Å²) in [5.41, 5.74) is 1.13. The molecule has 1 fully saturated rings. The fourth-order valence-corrected chi connectivity index (χ4v) is 4.18. The molecule has 1 amide bonds. The topological polar surface area (TPSA) is 52.9 Å². The van der Waals surface area contributed by atoms with Gasteiger partial charge >= 0.3 is 0 Å². The number of hydrogen-bond donors (Lipinski definition) is 1. The summed E-state index contributed by atoms with van der Waals surface area (Å²) in [4.78, 5) is 12.0. The minimum absolute atomic E-state index is 0.00550. The van der Waals surface area contributed by atoms with E-state index in [9.17, 15) is 4.79 Å². The maximum Gasteiger partial charge on any atom is 0.225 e. The zero-order valence-electron chi connectivity index (χ0n) is 12.5. The molecule has 1 aliphatic rings. The summed E-state index contributed by atoms with van der Waals surface area (Å²) in [5, 5.41) is 12.5. The molecule has 0 radical (unpaired) electrons. The molecule has 0 spiro atoms. The number of benzene rings is 1. The van der Waals surface area contributed by atoms with Crippen LogP contribution >= 0.6 is 11.8 Å². The van der Waals surface area contributed by atoms with Crippen LogP contribution in [0.25, 0.3) is 0 Å². The Labute approximate surface area is 131 Å². The minimum Gasteiger partial charge on any atom is -0.325 e. The van der Waals surface area contributed by atoms with Gasteiger partial charge < -0.3 is 5.32 Å². The molecule has 1 aliphatic carbocycles. The number of thioether (sulfide) groups is 1. The molecule has 1 aromatic carbocycles. The van der Waals surface area contributed by atoms with Crippen LogP contribution in [-0.2, 0) is 4.79 Å². The molecule has 1 saturated carbocycles. The Bertz CT molecular complexity index is 524. The summed E-state index contributed by atoms with van der Waals surface area (Å²) in [6.07, 6.45) is 5.75. The molecule has 21 heavy (non-hydrogen) atoms. The number of carbonyl (C=O) groups is 1. The van der Waals surface area contributed by atoms with Crippen LogP contribution in [0.1, 0.15) is 44.6 Å². The normalized spacial score (nSPS) is 21.5. The van der Waals surface area contributed by atoms with E-state index in [4.69, 9.17) is 5.26 Å². The number of carbonyl (C=O) groups excluding carboxylic acids is 1. The van der Waals surface area contributed by atoms with Gasteiger partial charge in [0.1, 0.15) is 6.07 Å². The molecule has 0 heterocycles. The Morgan fingerprint density at radius 1 is 1.43 bits per heavy atom. The van der Waals surface area contributed by atoms with E-state index in [1.165, 1.54) is 25.7 Å². The Balaban J connectivity index is 1.74. The minimum atomic E-state index is -0.00550. The molecule has 2 unspecified atom stereocenters. The monoisotopic (exact) mass is 302 g/mol. The maximum absolute atomic E-state index is 12.0. The van der Waals surface area contributed by atoms with E-state index in [-0.39, 0.29) is 5.91 Å². The third-order valence-electron chi connectivity index (χ3n) is 3.89. The van der Waals surface area contributed by atoms with E-state index in [2.05, 4.69) is 18.3 Å². The summed E-state index contributed by atoms with van der Waals surface area (Å²) in [6.45, 7) is 2.32. The first-order valence-corrected chi connectivity index (χ1v) is 8.64. The van der Waals surface area contributed by atoms with Gasteiger partial charge in [0.2, 0.25) is 5.91 Å². The Hall–Kier alpha value is -1.47. The molecule has 4 heteroatoms. The van der Waals surface area contributed by atoms with Crippen molar-refractivity contribution < 1.29 is 4.79 Å². The van der Waals surface area contributed by atoms with E-state index < -0.39 is 0 Å². The van der Waals surface area contributed by atoms with Gasteiger partial charge in [-0.1, -0.05) is 31.9 Å². The third kappa shape index (κ3) is 5.09. The van der Waals surface area contributed by atoms with Gasteiger partial charge in [-0.2, -0.15) is 17.0 Å². The first-order valence-electron chi connectivity index (χ1n) is 7.59. The van der Waals surface area contributed by atoms with Gasteiger partial charge in [-0.3, -0.25) is 4.79 Å². The van der Waals surface area contributed by atoms with Crippen molar-refractivity contribution in [2.24, 2.45) is 5.92 Å². The second-order valence-electron chi connectivity index (χ2n) is 5.72. The highest BCUT2D eigenvalue weighted by atomic mass is 32.2. The van der Waals surface area contributed by atoms with Crippen LogP contribution in [-0.4, -0.2) is 16.9 Å². The van der Waals surface area contributed by atoms with Crippen LogP contribution in [0.3, 0.4) is 0 Å². The van der Waals surface area contributed by atoms with Gasteiger partial charge in [-0.25, -0.2) is 0 Å². The summed E-state index contributed by atoms with van der Waals surface area (Å²) < 4.78 is 0. The van der Waals surface area contributed by atoms with Crippen LogP contribution in [0, 0.1) is 17.2 Å². The average Bonchev–Trinajstić information content (AvgIpc) is 2.48. The highest BCUT2D eigenvalue weighted by Gasteiger charge is 2.19. The standard InChI is InChI=1S/C17H22N2OS/c1-13-5-4-7-15(11-13)21-10-9-17(20)19-16-8-3-2-6-14(16)12-18/h2-3,6,8,13,15H,4-5,7,9-11H2,1H3,(H,19,20). The molecule has 0 bridgehead atoms. The van der Waals surface area contributed by atoms with Crippen LogP contribution in [0.4, 0.5) is 5.69 Å². The molecule has 0 saturated heterocycles. The average molecular weight is 302 g/mol. The van der Waals surface area contributed by atoms with Crippen molar-refractivity contribution in [1.29, 1.82) is 5.26 Å². The van der Waals surface area contributed by atoms with Gasteiger partial charge in [0.15, 0.2) is 0 Å². The Morgan fingerprint density at radius 3 is 3.00 bits per heavy atom. The smallest absolute Gasteiger partial charge is 0.225 e. The lowest BCUT2D eigenvalue weighted by Crippen LogP contribution is -2.17. The number of nitrogens with one attached hydrogen (secondary N) is 1. The molecule has 112 valence electrons. The quantitative estimate of drug-likeness (QED) is 0.887. The van der Waals surface area contributed by atoms with Crippen LogP contribution < -0.4 is 5.32 Å².